The van der Waals surface area contributed by atoms with Gasteiger partial charge in [-0.05, 0) is 25.9 Å². The first-order valence-electron chi connectivity index (χ1n) is 6.54. The molecule has 0 aliphatic carbocycles. The standard InChI is InChI=1S/C12H17F3N4O2/c13-12(14,15)11(21)5-7(20)19-10(17)8(11)9(16)6-1-3-18-4-2-6/h6,18,21H,1-5,16H2,(H2,17,19,20). The van der Waals surface area contributed by atoms with E-state index < -0.39 is 35.5 Å². The molecule has 2 rings (SSSR count). The molecule has 0 bridgehead atoms. The number of rotatable bonds is 1. The average Bonchev–Trinajstić information content (AvgIpc) is 2.37. The number of alkyl halides is 3. The fourth-order valence-corrected chi connectivity index (χ4v) is 2.71. The zero-order valence-electron chi connectivity index (χ0n) is 11.2. The summed E-state index contributed by atoms with van der Waals surface area (Å²) in [6.07, 6.45) is -5.19. The van der Waals surface area contributed by atoms with Crippen LogP contribution < -0.4 is 16.8 Å². The van der Waals surface area contributed by atoms with Crippen molar-refractivity contribution < 1.29 is 23.1 Å². The lowest BCUT2D eigenvalue weighted by Gasteiger charge is -2.36. The van der Waals surface area contributed by atoms with Gasteiger partial charge in [0.1, 0.15) is 5.84 Å². The molecule has 0 aromatic carbocycles. The van der Waals surface area contributed by atoms with Crippen molar-refractivity contribution in [3.8, 4) is 0 Å². The molecule has 1 fully saturated rings. The number of carbonyl (C=O) groups excluding carboxylic acids is 1. The third-order valence-corrected chi connectivity index (χ3v) is 3.86. The number of nitrogens with two attached hydrogens (primary N) is 2. The fraction of sp³-hybridized carbons (Fsp3) is 0.667. The molecule has 0 radical (unpaired) electrons. The molecule has 2 heterocycles. The van der Waals surface area contributed by atoms with Crippen LogP contribution in [0.2, 0.25) is 0 Å². The highest BCUT2D eigenvalue weighted by molar-refractivity contribution is 6.09. The van der Waals surface area contributed by atoms with Crippen molar-refractivity contribution in [2.24, 2.45) is 22.4 Å². The third kappa shape index (κ3) is 2.75. The molecule has 6 N–H and O–H groups in total. The molecule has 118 valence electrons. The number of halogens is 3. The number of nitrogens with one attached hydrogen (secondary N) is 1. The van der Waals surface area contributed by atoms with Gasteiger partial charge in [-0.25, -0.2) is 0 Å². The molecule has 2 aliphatic heterocycles. The smallest absolute Gasteiger partial charge is 0.401 e. The fourth-order valence-electron chi connectivity index (χ4n) is 2.71. The van der Waals surface area contributed by atoms with E-state index in [2.05, 4.69) is 10.3 Å². The van der Waals surface area contributed by atoms with Crippen LogP contribution in [-0.4, -0.2) is 41.7 Å². The number of carbonyl (C=O) groups is 1. The van der Waals surface area contributed by atoms with Crippen LogP contribution in [0.4, 0.5) is 13.2 Å². The number of aliphatic hydroxyl groups is 1. The van der Waals surface area contributed by atoms with Gasteiger partial charge < -0.3 is 21.9 Å². The molecule has 0 aromatic rings. The Kier molecular flexibility index (Phi) is 3.98. The van der Waals surface area contributed by atoms with Gasteiger partial charge in [0.25, 0.3) is 5.91 Å². The number of nitrogens with zero attached hydrogens (tertiary/aromatic N) is 1. The van der Waals surface area contributed by atoms with Crippen molar-refractivity contribution in [1.82, 2.24) is 5.32 Å². The van der Waals surface area contributed by atoms with Crippen LogP contribution in [0, 0.1) is 5.92 Å². The number of aliphatic imine (C=N–C) groups is 1. The Hall–Kier alpha value is -1.61. The highest BCUT2D eigenvalue weighted by atomic mass is 19.4. The summed E-state index contributed by atoms with van der Waals surface area (Å²) in [4.78, 5) is 14.6. The van der Waals surface area contributed by atoms with E-state index in [4.69, 9.17) is 11.5 Å². The van der Waals surface area contributed by atoms with Crippen LogP contribution in [0.3, 0.4) is 0 Å². The first-order chi connectivity index (χ1) is 9.67. The minimum absolute atomic E-state index is 0.134. The molecule has 0 saturated carbocycles. The molecule has 0 aromatic heterocycles. The zero-order valence-corrected chi connectivity index (χ0v) is 11.2. The van der Waals surface area contributed by atoms with Gasteiger partial charge >= 0.3 is 6.18 Å². The van der Waals surface area contributed by atoms with Crippen molar-refractivity contribution in [3.63, 3.8) is 0 Å². The van der Waals surface area contributed by atoms with E-state index in [0.717, 1.165) is 0 Å². The summed E-state index contributed by atoms with van der Waals surface area (Å²) >= 11 is 0. The van der Waals surface area contributed by atoms with E-state index in [1.54, 1.807) is 0 Å². The molecule has 1 saturated heterocycles. The lowest BCUT2D eigenvalue weighted by atomic mass is 9.80. The molecule has 0 spiro atoms. The minimum Gasteiger partial charge on any atom is -0.401 e. The summed E-state index contributed by atoms with van der Waals surface area (Å²) < 4.78 is 39.7. The minimum atomic E-state index is -5.06. The first-order valence-corrected chi connectivity index (χ1v) is 6.54. The molecule has 21 heavy (non-hydrogen) atoms. The van der Waals surface area contributed by atoms with Gasteiger partial charge in [-0.3, -0.25) is 4.79 Å². The van der Waals surface area contributed by atoms with Crippen LogP contribution in [0.5, 0.6) is 0 Å². The van der Waals surface area contributed by atoms with Crippen LogP contribution in [-0.2, 0) is 4.79 Å². The molecular weight excluding hydrogens is 289 g/mol. The molecule has 1 amide bonds. The van der Waals surface area contributed by atoms with Crippen LogP contribution in [0.15, 0.2) is 16.3 Å². The van der Waals surface area contributed by atoms with Gasteiger partial charge in [-0.2, -0.15) is 18.2 Å². The van der Waals surface area contributed by atoms with Crippen molar-refractivity contribution in [2.45, 2.75) is 31.0 Å². The maximum atomic E-state index is 13.2. The van der Waals surface area contributed by atoms with Gasteiger partial charge in [-0.15, -0.1) is 0 Å². The number of amides is 1. The Balaban J connectivity index is 2.54. The van der Waals surface area contributed by atoms with Gasteiger partial charge in [0.05, 0.1) is 12.0 Å². The predicted molar refractivity (Wildman–Crippen MR) is 69.1 cm³/mol. The maximum Gasteiger partial charge on any atom is 0.422 e. The number of piperidine rings is 1. The second-order valence-corrected chi connectivity index (χ2v) is 5.28. The van der Waals surface area contributed by atoms with E-state index in [-0.39, 0.29) is 11.6 Å². The summed E-state index contributed by atoms with van der Waals surface area (Å²) in [6.45, 7) is 1.22. The lowest BCUT2D eigenvalue weighted by Crippen LogP contribution is -2.55. The summed E-state index contributed by atoms with van der Waals surface area (Å²) in [5.74, 6) is -2.10. The second kappa shape index (κ2) is 5.30. The van der Waals surface area contributed by atoms with Crippen molar-refractivity contribution in [1.29, 1.82) is 0 Å². The Labute approximate surface area is 119 Å². The maximum absolute atomic E-state index is 13.2. The highest BCUT2D eigenvalue weighted by Crippen LogP contribution is 2.43. The van der Waals surface area contributed by atoms with Crippen LogP contribution >= 0.6 is 0 Å². The molecule has 2 aliphatic rings. The van der Waals surface area contributed by atoms with Crippen LogP contribution in [0.25, 0.3) is 0 Å². The first kappa shape index (κ1) is 15.8. The summed E-state index contributed by atoms with van der Waals surface area (Å²) in [7, 11) is 0. The Morgan fingerprint density at radius 2 is 1.95 bits per heavy atom. The Bertz CT molecular complexity index is 509. The largest absolute Gasteiger partial charge is 0.422 e. The van der Waals surface area contributed by atoms with Gasteiger partial charge in [0.15, 0.2) is 5.60 Å². The molecule has 1 unspecified atom stereocenters. The molecule has 6 nitrogen and oxygen atoms in total. The molecule has 9 heteroatoms. The number of amidine groups is 1. The summed E-state index contributed by atoms with van der Waals surface area (Å²) in [6, 6.07) is 0. The number of hydrogen-bond donors (Lipinski definition) is 4. The monoisotopic (exact) mass is 306 g/mol. The Morgan fingerprint density at radius 3 is 2.48 bits per heavy atom. The Morgan fingerprint density at radius 1 is 1.38 bits per heavy atom. The quantitative estimate of drug-likeness (QED) is 0.535. The second-order valence-electron chi connectivity index (χ2n) is 5.28. The lowest BCUT2D eigenvalue weighted by molar-refractivity contribution is -0.244. The van der Waals surface area contributed by atoms with E-state index in [9.17, 15) is 23.1 Å². The van der Waals surface area contributed by atoms with E-state index in [0.29, 0.717) is 25.9 Å². The summed E-state index contributed by atoms with van der Waals surface area (Å²) in [5, 5.41) is 13.1. The summed E-state index contributed by atoms with van der Waals surface area (Å²) in [5.41, 5.74) is 7.15. The SMILES string of the molecule is NC1=NC(=O)CC(O)(C(F)(F)F)C1=C(N)C1CCNCC1. The third-order valence-electron chi connectivity index (χ3n) is 3.86. The van der Waals surface area contributed by atoms with Crippen molar-refractivity contribution in [3.05, 3.63) is 11.3 Å². The van der Waals surface area contributed by atoms with E-state index in [1.807, 2.05) is 0 Å². The number of allylic oxidation sites excluding steroid dienone is 1. The topological polar surface area (TPSA) is 114 Å². The normalized spacial score (nSPS) is 31.0. The predicted octanol–water partition coefficient (Wildman–Crippen LogP) is -0.220. The van der Waals surface area contributed by atoms with Crippen molar-refractivity contribution >= 4 is 11.7 Å². The number of hydrogen-bond acceptors (Lipinski definition) is 5. The highest BCUT2D eigenvalue weighted by Gasteiger charge is 2.60. The van der Waals surface area contributed by atoms with E-state index >= 15 is 0 Å². The zero-order chi connectivity index (χ0) is 15.8. The van der Waals surface area contributed by atoms with Gasteiger partial charge in [0, 0.05) is 11.6 Å². The van der Waals surface area contributed by atoms with Crippen molar-refractivity contribution in [2.75, 3.05) is 13.1 Å². The molecular formula is C12H17F3N4O2. The van der Waals surface area contributed by atoms with Gasteiger partial charge in [0.2, 0.25) is 0 Å². The van der Waals surface area contributed by atoms with Crippen LogP contribution in [0.1, 0.15) is 19.3 Å². The van der Waals surface area contributed by atoms with E-state index in [1.165, 1.54) is 0 Å². The van der Waals surface area contributed by atoms with Gasteiger partial charge in [-0.1, -0.05) is 0 Å². The molecule has 1 atom stereocenters. The average molecular weight is 306 g/mol.